The summed E-state index contributed by atoms with van der Waals surface area (Å²) >= 11 is 0. The molecule has 2 nitrogen and oxygen atoms in total. The summed E-state index contributed by atoms with van der Waals surface area (Å²) in [6.45, 7) is 7.01. The predicted octanol–water partition coefficient (Wildman–Crippen LogP) is 1.23. The van der Waals surface area contributed by atoms with Gasteiger partial charge in [-0.15, -0.1) is 0 Å². The molecule has 0 amide bonds. The Balaban J connectivity index is 2.40. The fourth-order valence-corrected chi connectivity index (χ4v) is 2.30. The number of hydrogen-bond donors (Lipinski definition) is 2. The van der Waals surface area contributed by atoms with Crippen molar-refractivity contribution in [2.24, 2.45) is 11.8 Å². The van der Waals surface area contributed by atoms with Crippen LogP contribution in [0.1, 0.15) is 26.7 Å². The Bertz CT molecular complexity index is 117. The largest absolute Gasteiger partial charge is 0.316 e. The number of nitrogens with one attached hydrogen (secondary N) is 2. The van der Waals surface area contributed by atoms with Crippen LogP contribution >= 0.6 is 0 Å². The molecule has 1 heterocycles. The minimum Gasteiger partial charge on any atom is -0.316 e. The summed E-state index contributed by atoms with van der Waals surface area (Å²) in [5.41, 5.74) is 0. The summed E-state index contributed by atoms with van der Waals surface area (Å²) < 4.78 is 0. The Morgan fingerprint density at radius 3 is 2.58 bits per heavy atom. The average molecular weight is 170 g/mol. The molecule has 0 aliphatic carbocycles. The van der Waals surface area contributed by atoms with Crippen LogP contribution < -0.4 is 10.6 Å². The lowest BCUT2D eigenvalue weighted by Gasteiger charge is -2.33. The zero-order valence-corrected chi connectivity index (χ0v) is 8.56. The first-order valence-corrected chi connectivity index (χ1v) is 5.13. The van der Waals surface area contributed by atoms with Gasteiger partial charge in [0.05, 0.1) is 0 Å². The third-order valence-corrected chi connectivity index (χ3v) is 2.89. The van der Waals surface area contributed by atoms with E-state index in [9.17, 15) is 0 Å². The van der Waals surface area contributed by atoms with E-state index in [4.69, 9.17) is 0 Å². The molecule has 0 saturated carbocycles. The normalized spacial score (nSPS) is 27.5. The predicted molar refractivity (Wildman–Crippen MR) is 53.3 cm³/mol. The molecule has 2 unspecified atom stereocenters. The molecule has 2 heteroatoms. The molecule has 0 aromatic carbocycles. The molecule has 2 atom stereocenters. The first-order chi connectivity index (χ1) is 5.75. The molecule has 0 spiro atoms. The summed E-state index contributed by atoms with van der Waals surface area (Å²) in [5, 5.41) is 6.90. The van der Waals surface area contributed by atoms with E-state index in [1.54, 1.807) is 0 Å². The van der Waals surface area contributed by atoms with E-state index in [0.29, 0.717) is 6.04 Å². The van der Waals surface area contributed by atoms with Crippen molar-refractivity contribution in [3.8, 4) is 0 Å². The Kier molecular flexibility index (Phi) is 4.02. The van der Waals surface area contributed by atoms with Gasteiger partial charge in [0.1, 0.15) is 0 Å². The minimum absolute atomic E-state index is 0.692. The van der Waals surface area contributed by atoms with Crippen LogP contribution in [0.15, 0.2) is 0 Å². The van der Waals surface area contributed by atoms with E-state index in [-0.39, 0.29) is 0 Å². The summed E-state index contributed by atoms with van der Waals surface area (Å²) in [6.07, 6.45) is 2.73. The van der Waals surface area contributed by atoms with Gasteiger partial charge in [-0.25, -0.2) is 0 Å². The SMILES string of the molecule is CNC(C(C)C)C1CCCNC1. The van der Waals surface area contributed by atoms with Crippen molar-refractivity contribution < 1.29 is 0 Å². The molecule has 0 radical (unpaired) electrons. The van der Waals surface area contributed by atoms with E-state index in [1.807, 2.05) is 0 Å². The topological polar surface area (TPSA) is 24.1 Å². The van der Waals surface area contributed by atoms with Crippen LogP contribution in [-0.4, -0.2) is 26.2 Å². The van der Waals surface area contributed by atoms with Gasteiger partial charge in [0.25, 0.3) is 0 Å². The van der Waals surface area contributed by atoms with Gasteiger partial charge in [0.2, 0.25) is 0 Å². The smallest absolute Gasteiger partial charge is 0.0127 e. The second-order valence-electron chi connectivity index (χ2n) is 4.16. The molecule has 1 rings (SSSR count). The first kappa shape index (κ1) is 10.0. The number of piperidine rings is 1. The second kappa shape index (κ2) is 4.83. The van der Waals surface area contributed by atoms with Gasteiger partial charge in [-0.1, -0.05) is 13.8 Å². The van der Waals surface area contributed by atoms with Crippen LogP contribution in [0, 0.1) is 11.8 Å². The number of rotatable bonds is 3. The third kappa shape index (κ3) is 2.46. The molecule has 0 bridgehead atoms. The van der Waals surface area contributed by atoms with Gasteiger partial charge in [-0.2, -0.15) is 0 Å². The van der Waals surface area contributed by atoms with Crippen LogP contribution in [0.25, 0.3) is 0 Å². The van der Waals surface area contributed by atoms with Crippen molar-refractivity contribution in [3.05, 3.63) is 0 Å². The highest BCUT2D eigenvalue weighted by Crippen LogP contribution is 2.19. The van der Waals surface area contributed by atoms with E-state index >= 15 is 0 Å². The molecule has 2 N–H and O–H groups in total. The van der Waals surface area contributed by atoms with Gasteiger partial charge in [-0.3, -0.25) is 0 Å². The lowest BCUT2D eigenvalue weighted by molar-refractivity contribution is 0.246. The van der Waals surface area contributed by atoms with Gasteiger partial charge >= 0.3 is 0 Å². The van der Waals surface area contributed by atoms with Crippen LogP contribution in [0.3, 0.4) is 0 Å². The van der Waals surface area contributed by atoms with Gasteiger partial charge in [0.15, 0.2) is 0 Å². The Hall–Kier alpha value is -0.0800. The Labute approximate surface area is 76.1 Å². The number of hydrogen-bond acceptors (Lipinski definition) is 2. The molecular weight excluding hydrogens is 148 g/mol. The van der Waals surface area contributed by atoms with Crippen molar-refractivity contribution in [2.45, 2.75) is 32.7 Å². The van der Waals surface area contributed by atoms with Crippen molar-refractivity contribution in [2.75, 3.05) is 20.1 Å². The second-order valence-corrected chi connectivity index (χ2v) is 4.16. The van der Waals surface area contributed by atoms with Crippen molar-refractivity contribution in [1.29, 1.82) is 0 Å². The lowest BCUT2D eigenvalue weighted by Crippen LogP contribution is -2.45. The summed E-state index contributed by atoms with van der Waals surface area (Å²) in [4.78, 5) is 0. The lowest BCUT2D eigenvalue weighted by atomic mass is 9.85. The fraction of sp³-hybridized carbons (Fsp3) is 1.00. The fourth-order valence-electron chi connectivity index (χ4n) is 2.30. The van der Waals surface area contributed by atoms with Gasteiger partial charge in [-0.05, 0) is 44.8 Å². The third-order valence-electron chi connectivity index (χ3n) is 2.89. The van der Waals surface area contributed by atoms with Crippen LogP contribution in [0.4, 0.5) is 0 Å². The molecular formula is C10H22N2. The molecule has 0 aromatic rings. The summed E-state index contributed by atoms with van der Waals surface area (Å²) in [6, 6.07) is 0.692. The maximum absolute atomic E-state index is 3.46. The maximum Gasteiger partial charge on any atom is 0.0127 e. The molecule has 0 aromatic heterocycles. The summed E-state index contributed by atoms with van der Waals surface area (Å²) in [7, 11) is 2.08. The quantitative estimate of drug-likeness (QED) is 0.665. The maximum atomic E-state index is 3.46. The Morgan fingerprint density at radius 2 is 2.17 bits per heavy atom. The Morgan fingerprint density at radius 1 is 1.42 bits per heavy atom. The van der Waals surface area contributed by atoms with Crippen molar-refractivity contribution in [3.63, 3.8) is 0 Å². The van der Waals surface area contributed by atoms with Crippen molar-refractivity contribution in [1.82, 2.24) is 10.6 Å². The molecule has 12 heavy (non-hydrogen) atoms. The van der Waals surface area contributed by atoms with Gasteiger partial charge < -0.3 is 10.6 Å². The monoisotopic (exact) mass is 170 g/mol. The van der Waals surface area contributed by atoms with E-state index < -0.39 is 0 Å². The summed E-state index contributed by atoms with van der Waals surface area (Å²) in [5.74, 6) is 1.59. The molecule has 1 fully saturated rings. The van der Waals surface area contributed by atoms with E-state index in [0.717, 1.165) is 11.8 Å². The first-order valence-electron chi connectivity index (χ1n) is 5.13. The van der Waals surface area contributed by atoms with E-state index in [2.05, 4.69) is 31.5 Å². The van der Waals surface area contributed by atoms with Crippen LogP contribution in [-0.2, 0) is 0 Å². The molecule has 1 aliphatic rings. The van der Waals surface area contributed by atoms with Crippen molar-refractivity contribution >= 4 is 0 Å². The highest BCUT2D eigenvalue weighted by Gasteiger charge is 2.24. The van der Waals surface area contributed by atoms with Crippen LogP contribution in [0.5, 0.6) is 0 Å². The standard InChI is InChI=1S/C10H22N2/c1-8(2)10(11-3)9-5-4-6-12-7-9/h8-12H,4-7H2,1-3H3. The molecule has 1 saturated heterocycles. The van der Waals surface area contributed by atoms with Crippen LogP contribution in [0.2, 0.25) is 0 Å². The highest BCUT2D eigenvalue weighted by atomic mass is 14.9. The highest BCUT2D eigenvalue weighted by molar-refractivity contribution is 4.82. The molecule has 72 valence electrons. The minimum atomic E-state index is 0.692. The molecule has 1 aliphatic heterocycles. The van der Waals surface area contributed by atoms with Gasteiger partial charge in [0, 0.05) is 6.04 Å². The van der Waals surface area contributed by atoms with E-state index in [1.165, 1.54) is 25.9 Å². The zero-order chi connectivity index (χ0) is 8.97. The average Bonchev–Trinajstić information content (AvgIpc) is 2.07. The zero-order valence-electron chi connectivity index (χ0n) is 8.56.